The zero-order valence-electron chi connectivity index (χ0n) is 8.25. The molecule has 3 nitrogen and oxygen atoms in total. The van der Waals surface area contributed by atoms with E-state index in [0.717, 1.165) is 32.1 Å². The maximum Gasteiger partial charge on any atom is 0.217 e. The number of nitrogens with one attached hydrogen (secondary N) is 1. The molecule has 0 heterocycles. The molecule has 0 unspecified atom stereocenters. The van der Waals surface area contributed by atoms with Gasteiger partial charge in [-0.25, -0.2) is 0 Å². The number of rotatable bonds is 3. The Morgan fingerprint density at radius 3 is 2.46 bits per heavy atom. The molecule has 0 spiro atoms. The molecule has 2 N–H and O–H groups in total. The predicted molar refractivity (Wildman–Crippen MR) is 51.3 cm³/mol. The van der Waals surface area contributed by atoms with E-state index in [9.17, 15) is 4.79 Å². The molecule has 0 bridgehead atoms. The summed E-state index contributed by atoms with van der Waals surface area (Å²) in [7, 11) is 0. The van der Waals surface area contributed by atoms with Gasteiger partial charge in [-0.05, 0) is 38.0 Å². The normalized spacial score (nSPS) is 28.5. The van der Waals surface area contributed by atoms with Gasteiger partial charge in [0.25, 0.3) is 0 Å². The third-order valence-electron chi connectivity index (χ3n) is 2.79. The lowest BCUT2D eigenvalue weighted by molar-refractivity contribution is -0.119. The number of hydrogen-bond donors (Lipinski definition) is 2. The van der Waals surface area contributed by atoms with E-state index in [1.165, 1.54) is 0 Å². The van der Waals surface area contributed by atoms with E-state index in [1.54, 1.807) is 6.92 Å². The molecule has 0 saturated heterocycles. The van der Waals surface area contributed by atoms with Crippen LogP contribution in [0.25, 0.3) is 0 Å². The highest BCUT2D eigenvalue weighted by Gasteiger charge is 2.20. The van der Waals surface area contributed by atoms with Crippen LogP contribution in [-0.2, 0) is 4.79 Å². The van der Waals surface area contributed by atoms with Crippen LogP contribution < -0.4 is 5.32 Å². The van der Waals surface area contributed by atoms with Crippen LogP contribution in [0.5, 0.6) is 0 Å². The SMILES string of the molecule is CC(=O)N[C@H]1CC[C@H](CCO)CC1. The molecule has 13 heavy (non-hydrogen) atoms. The molecule has 1 aliphatic rings. The Morgan fingerprint density at radius 2 is 2.00 bits per heavy atom. The first-order valence-corrected chi connectivity index (χ1v) is 5.10. The third-order valence-corrected chi connectivity index (χ3v) is 2.79. The summed E-state index contributed by atoms with van der Waals surface area (Å²) in [4.78, 5) is 10.8. The first-order valence-electron chi connectivity index (χ1n) is 5.10. The Hall–Kier alpha value is -0.570. The van der Waals surface area contributed by atoms with Gasteiger partial charge in [0, 0.05) is 19.6 Å². The Labute approximate surface area is 79.5 Å². The van der Waals surface area contributed by atoms with E-state index in [-0.39, 0.29) is 5.91 Å². The second-order valence-corrected chi connectivity index (χ2v) is 3.93. The van der Waals surface area contributed by atoms with E-state index >= 15 is 0 Å². The summed E-state index contributed by atoms with van der Waals surface area (Å²) in [6.45, 7) is 1.87. The van der Waals surface area contributed by atoms with Gasteiger partial charge >= 0.3 is 0 Å². The van der Waals surface area contributed by atoms with Crippen molar-refractivity contribution in [2.45, 2.75) is 45.1 Å². The van der Waals surface area contributed by atoms with E-state index in [2.05, 4.69) is 5.32 Å². The van der Waals surface area contributed by atoms with Crippen molar-refractivity contribution < 1.29 is 9.90 Å². The monoisotopic (exact) mass is 185 g/mol. The minimum absolute atomic E-state index is 0.0746. The van der Waals surface area contributed by atoms with Gasteiger partial charge in [0.2, 0.25) is 5.91 Å². The smallest absolute Gasteiger partial charge is 0.217 e. The minimum atomic E-state index is 0.0746. The fraction of sp³-hybridized carbons (Fsp3) is 0.900. The first kappa shape index (κ1) is 10.5. The number of aliphatic hydroxyl groups is 1. The molecule has 0 aromatic rings. The van der Waals surface area contributed by atoms with Crippen molar-refractivity contribution in [1.82, 2.24) is 5.32 Å². The third kappa shape index (κ3) is 3.77. The lowest BCUT2D eigenvalue weighted by Crippen LogP contribution is -2.36. The molecular weight excluding hydrogens is 166 g/mol. The van der Waals surface area contributed by atoms with Crippen molar-refractivity contribution >= 4 is 5.91 Å². The zero-order valence-corrected chi connectivity index (χ0v) is 8.25. The Balaban J connectivity index is 2.18. The maximum atomic E-state index is 10.8. The van der Waals surface area contributed by atoms with Crippen LogP contribution in [0.1, 0.15) is 39.0 Å². The summed E-state index contributed by atoms with van der Waals surface area (Å²) in [5.41, 5.74) is 0. The molecule has 0 aromatic heterocycles. The molecule has 0 atom stereocenters. The van der Waals surface area contributed by atoms with Gasteiger partial charge in [0.1, 0.15) is 0 Å². The summed E-state index contributed by atoms with van der Waals surface area (Å²) in [5, 5.41) is 11.7. The molecular formula is C10H19NO2. The van der Waals surface area contributed by atoms with Crippen LogP contribution in [0, 0.1) is 5.92 Å². The fourth-order valence-corrected chi connectivity index (χ4v) is 2.07. The van der Waals surface area contributed by atoms with E-state index in [1.807, 2.05) is 0 Å². The number of amides is 1. The Kier molecular flexibility index (Phi) is 4.22. The maximum absolute atomic E-state index is 10.8. The molecule has 76 valence electrons. The highest BCUT2D eigenvalue weighted by molar-refractivity contribution is 5.73. The van der Waals surface area contributed by atoms with Crippen molar-refractivity contribution in [3.63, 3.8) is 0 Å². The summed E-state index contributed by atoms with van der Waals surface area (Å²) < 4.78 is 0. The largest absolute Gasteiger partial charge is 0.396 e. The molecule has 0 aliphatic heterocycles. The van der Waals surface area contributed by atoms with Gasteiger partial charge in [-0.15, -0.1) is 0 Å². The van der Waals surface area contributed by atoms with E-state index in [4.69, 9.17) is 5.11 Å². The van der Waals surface area contributed by atoms with Crippen LogP contribution >= 0.6 is 0 Å². The average molecular weight is 185 g/mol. The van der Waals surface area contributed by atoms with Crippen molar-refractivity contribution in [1.29, 1.82) is 0 Å². The molecule has 0 aromatic carbocycles. The molecule has 1 aliphatic carbocycles. The lowest BCUT2D eigenvalue weighted by atomic mass is 9.84. The van der Waals surface area contributed by atoms with Crippen LogP contribution in [-0.4, -0.2) is 23.7 Å². The predicted octanol–water partition coefficient (Wildman–Crippen LogP) is 1.06. The highest BCUT2D eigenvalue weighted by Crippen LogP contribution is 2.26. The molecule has 1 fully saturated rings. The molecule has 0 radical (unpaired) electrons. The topological polar surface area (TPSA) is 49.3 Å². The number of aliphatic hydroxyl groups excluding tert-OH is 1. The van der Waals surface area contributed by atoms with Gasteiger partial charge < -0.3 is 10.4 Å². The standard InChI is InChI=1S/C10H19NO2/c1-8(13)11-10-4-2-9(3-5-10)6-7-12/h9-10,12H,2-7H2,1H3,(H,11,13)/t9-,10-. The Bertz CT molecular complexity index is 162. The highest BCUT2D eigenvalue weighted by atomic mass is 16.3. The average Bonchev–Trinajstić information content (AvgIpc) is 2.08. The van der Waals surface area contributed by atoms with Crippen molar-refractivity contribution in [2.24, 2.45) is 5.92 Å². The van der Waals surface area contributed by atoms with Crippen LogP contribution in [0.15, 0.2) is 0 Å². The van der Waals surface area contributed by atoms with E-state index in [0.29, 0.717) is 18.6 Å². The lowest BCUT2D eigenvalue weighted by Gasteiger charge is -2.28. The molecule has 1 amide bonds. The second-order valence-electron chi connectivity index (χ2n) is 3.93. The summed E-state index contributed by atoms with van der Waals surface area (Å²) in [6.07, 6.45) is 5.36. The fourth-order valence-electron chi connectivity index (χ4n) is 2.07. The van der Waals surface area contributed by atoms with Gasteiger partial charge in [0.15, 0.2) is 0 Å². The van der Waals surface area contributed by atoms with Crippen molar-refractivity contribution in [3.8, 4) is 0 Å². The van der Waals surface area contributed by atoms with E-state index < -0.39 is 0 Å². The molecule has 3 heteroatoms. The minimum Gasteiger partial charge on any atom is -0.396 e. The van der Waals surface area contributed by atoms with Crippen LogP contribution in [0.2, 0.25) is 0 Å². The summed E-state index contributed by atoms with van der Waals surface area (Å²) in [6, 6.07) is 0.382. The molecule has 1 rings (SSSR count). The Morgan fingerprint density at radius 1 is 1.38 bits per heavy atom. The van der Waals surface area contributed by atoms with Gasteiger partial charge in [0.05, 0.1) is 0 Å². The van der Waals surface area contributed by atoms with Crippen molar-refractivity contribution in [2.75, 3.05) is 6.61 Å². The number of hydrogen-bond acceptors (Lipinski definition) is 2. The van der Waals surface area contributed by atoms with Crippen LogP contribution in [0.3, 0.4) is 0 Å². The summed E-state index contributed by atoms with van der Waals surface area (Å²) in [5.74, 6) is 0.751. The van der Waals surface area contributed by atoms with Gasteiger partial charge in [-0.3, -0.25) is 4.79 Å². The van der Waals surface area contributed by atoms with Crippen molar-refractivity contribution in [3.05, 3.63) is 0 Å². The number of carbonyl (C=O) groups is 1. The quantitative estimate of drug-likeness (QED) is 0.691. The second kappa shape index (κ2) is 5.22. The summed E-state index contributed by atoms with van der Waals surface area (Å²) >= 11 is 0. The number of carbonyl (C=O) groups excluding carboxylic acids is 1. The first-order chi connectivity index (χ1) is 6.22. The van der Waals surface area contributed by atoms with Gasteiger partial charge in [-0.2, -0.15) is 0 Å². The van der Waals surface area contributed by atoms with Crippen LogP contribution in [0.4, 0.5) is 0 Å². The molecule has 1 saturated carbocycles. The zero-order chi connectivity index (χ0) is 9.68. The van der Waals surface area contributed by atoms with Gasteiger partial charge in [-0.1, -0.05) is 0 Å².